The molecule has 2 N–H and O–H groups in total. The lowest BCUT2D eigenvalue weighted by Gasteiger charge is -2.23. The average molecular weight is 383 g/mol. The molecule has 0 spiro atoms. The molecule has 1 aromatic heterocycles. The van der Waals surface area contributed by atoms with Gasteiger partial charge in [-0.3, -0.25) is 5.10 Å². The Morgan fingerprint density at radius 1 is 1.18 bits per heavy atom. The van der Waals surface area contributed by atoms with Crippen molar-refractivity contribution in [3.8, 4) is 0 Å². The summed E-state index contributed by atoms with van der Waals surface area (Å²) >= 11 is 0. The maximum absolute atomic E-state index is 13.8. The summed E-state index contributed by atoms with van der Waals surface area (Å²) in [4.78, 5) is 18.8. The molecule has 6 nitrogen and oxygen atoms in total. The molecule has 2 amide bonds. The molecule has 28 heavy (non-hydrogen) atoms. The fraction of sp³-hybridized carbons (Fsp3) is 0.250. The average Bonchev–Trinajstić information content (AvgIpc) is 3.34. The molecule has 0 radical (unpaired) electrons. The zero-order valence-corrected chi connectivity index (χ0v) is 15.0. The van der Waals surface area contributed by atoms with Crippen LogP contribution in [0.2, 0.25) is 0 Å². The van der Waals surface area contributed by atoms with Crippen LogP contribution >= 0.6 is 0 Å². The van der Waals surface area contributed by atoms with Gasteiger partial charge >= 0.3 is 6.03 Å². The molecule has 0 aliphatic carbocycles. The lowest BCUT2D eigenvalue weighted by atomic mass is 10.1. The lowest BCUT2D eigenvalue weighted by molar-refractivity contribution is 0.205. The molecular formula is C20H19F2N5O. The Hall–Kier alpha value is -3.29. The first kappa shape index (κ1) is 18.1. The second-order valence-electron chi connectivity index (χ2n) is 6.70. The van der Waals surface area contributed by atoms with Crippen molar-refractivity contribution >= 4 is 11.7 Å². The highest BCUT2D eigenvalue weighted by Gasteiger charge is 2.33. The Morgan fingerprint density at radius 2 is 1.96 bits per heavy atom. The molecule has 0 saturated carbocycles. The highest BCUT2D eigenvalue weighted by atomic mass is 19.1. The summed E-state index contributed by atoms with van der Waals surface area (Å²) in [6.45, 7) is 0.548. The normalized spacial score (nSPS) is 16.4. The van der Waals surface area contributed by atoms with E-state index in [1.807, 2.05) is 0 Å². The number of aromatic amines is 1. The number of amides is 2. The van der Waals surface area contributed by atoms with E-state index in [2.05, 4.69) is 20.5 Å². The third-order valence-electron chi connectivity index (χ3n) is 4.76. The van der Waals surface area contributed by atoms with Crippen molar-refractivity contribution in [2.24, 2.45) is 0 Å². The van der Waals surface area contributed by atoms with E-state index in [-0.39, 0.29) is 23.6 Å². The number of rotatable bonds is 4. The summed E-state index contributed by atoms with van der Waals surface area (Å²) in [5, 5.41) is 9.77. The van der Waals surface area contributed by atoms with Gasteiger partial charge in [0.2, 0.25) is 0 Å². The van der Waals surface area contributed by atoms with E-state index in [1.54, 1.807) is 29.2 Å². The molecule has 1 saturated heterocycles. The van der Waals surface area contributed by atoms with Crippen LogP contribution in [0.5, 0.6) is 0 Å². The van der Waals surface area contributed by atoms with Crippen molar-refractivity contribution in [2.75, 3.05) is 11.9 Å². The van der Waals surface area contributed by atoms with Crippen molar-refractivity contribution < 1.29 is 13.6 Å². The number of hydrogen-bond donors (Lipinski definition) is 2. The van der Waals surface area contributed by atoms with Gasteiger partial charge in [0.05, 0.1) is 11.7 Å². The zero-order valence-electron chi connectivity index (χ0n) is 15.0. The van der Waals surface area contributed by atoms with Crippen molar-refractivity contribution in [3.05, 3.63) is 77.4 Å². The molecule has 0 bridgehead atoms. The highest BCUT2D eigenvalue weighted by Crippen LogP contribution is 2.30. The molecule has 1 atom stereocenters. The van der Waals surface area contributed by atoms with Crippen molar-refractivity contribution in [2.45, 2.75) is 25.3 Å². The number of aromatic nitrogens is 3. The smallest absolute Gasteiger partial charge is 0.314 e. The molecule has 1 aliphatic rings. The van der Waals surface area contributed by atoms with Crippen molar-refractivity contribution in [1.29, 1.82) is 0 Å². The first-order valence-electron chi connectivity index (χ1n) is 9.08. The molecule has 1 aliphatic heterocycles. The number of para-hydroxylation sites is 1. The molecule has 1 fully saturated rings. The predicted molar refractivity (Wildman–Crippen MR) is 99.7 cm³/mol. The number of H-pyrrole nitrogens is 1. The molecule has 3 aromatic rings. The van der Waals surface area contributed by atoms with Gasteiger partial charge in [-0.25, -0.2) is 18.6 Å². The van der Waals surface area contributed by atoms with E-state index < -0.39 is 5.82 Å². The number of anilines is 1. The summed E-state index contributed by atoms with van der Waals surface area (Å²) in [5.74, 6) is 0.400. The van der Waals surface area contributed by atoms with E-state index in [1.165, 1.54) is 24.3 Å². The summed E-state index contributed by atoms with van der Waals surface area (Å²) < 4.78 is 26.8. The number of carbonyl (C=O) groups excluding carboxylic acids is 1. The van der Waals surface area contributed by atoms with Gasteiger partial charge in [0, 0.05) is 13.0 Å². The van der Waals surface area contributed by atoms with Crippen LogP contribution in [0.1, 0.15) is 36.1 Å². The van der Waals surface area contributed by atoms with Gasteiger partial charge in [0.15, 0.2) is 5.82 Å². The number of carbonyl (C=O) groups is 1. The van der Waals surface area contributed by atoms with Crippen LogP contribution in [0.15, 0.2) is 48.5 Å². The molecule has 144 valence electrons. The first-order chi connectivity index (χ1) is 13.6. The van der Waals surface area contributed by atoms with Crippen LogP contribution < -0.4 is 5.32 Å². The SMILES string of the molecule is O=C(Nc1ccccc1F)N1CCCC1c1n[nH]c(Cc2ccc(F)cc2)n1. The van der Waals surface area contributed by atoms with Crippen molar-refractivity contribution in [3.63, 3.8) is 0 Å². The summed E-state index contributed by atoms with van der Waals surface area (Å²) in [5.41, 5.74) is 1.05. The minimum absolute atomic E-state index is 0.144. The Balaban J connectivity index is 1.46. The standard InChI is InChI=1S/C20H19F2N5O/c21-14-9-7-13(8-10-14)12-18-24-19(26-25-18)17-6-3-11-27(17)20(28)23-16-5-2-1-4-15(16)22/h1-2,4-5,7-10,17H,3,6,11-12H2,(H,23,28)(H,24,25,26). The quantitative estimate of drug-likeness (QED) is 0.714. The maximum atomic E-state index is 13.8. The number of hydrogen-bond acceptors (Lipinski definition) is 3. The van der Waals surface area contributed by atoms with E-state index >= 15 is 0 Å². The van der Waals surface area contributed by atoms with Crippen LogP contribution in [0.4, 0.5) is 19.3 Å². The fourth-order valence-electron chi connectivity index (χ4n) is 3.36. The second-order valence-corrected chi connectivity index (χ2v) is 6.70. The Labute approximate surface area is 160 Å². The Morgan fingerprint density at radius 3 is 2.75 bits per heavy atom. The molecule has 4 rings (SSSR count). The van der Waals surface area contributed by atoms with E-state index in [9.17, 15) is 13.6 Å². The number of benzene rings is 2. The van der Waals surface area contributed by atoms with E-state index in [0.29, 0.717) is 24.6 Å². The topological polar surface area (TPSA) is 73.9 Å². The highest BCUT2D eigenvalue weighted by molar-refractivity contribution is 5.89. The Bertz CT molecular complexity index is 973. The largest absolute Gasteiger partial charge is 0.322 e. The van der Waals surface area contributed by atoms with E-state index in [4.69, 9.17) is 0 Å². The molecule has 8 heteroatoms. The third kappa shape index (κ3) is 3.85. The minimum Gasteiger partial charge on any atom is -0.314 e. The van der Waals surface area contributed by atoms with Gasteiger partial charge < -0.3 is 10.2 Å². The Kier molecular flexibility index (Phi) is 5.01. The van der Waals surface area contributed by atoms with E-state index in [0.717, 1.165) is 18.4 Å². The number of nitrogens with zero attached hydrogens (tertiary/aromatic N) is 3. The monoisotopic (exact) mass is 383 g/mol. The zero-order chi connectivity index (χ0) is 19.5. The van der Waals surface area contributed by atoms with Gasteiger partial charge in [0.25, 0.3) is 0 Å². The van der Waals surface area contributed by atoms with Crippen molar-refractivity contribution in [1.82, 2.24) is 20.1 Å². The van der Waals surface area contributed by atoms with Crippen LogP contribution in [0.3, 0.4) is 0 Å². The fourth-order valence-corrected chi connectivity index (χ4v) is 3.36. The van der Waals surface area contributed by atoms with Gasteiger partial charge in [-0.1, -0.05) is 24.3 Å². The summed E-state index contributed by atoms with van der Waals surface area (Å²) in [7, 11) is 0. The first-order valence-corrected chi connectivity index (χ1v) is 9.08. The molecule has 2 heterocycles. The summed E-state index contributed by atoms with van der Waals surface area (Å²) in [6, 6.07) is 11.6. The lowest BCUT2D eigenvalue weighted by Crippen LogP contribution is -2.35. The molecule has 2 aromatic carbocycles. The summed E-state index contributed by atoms with van der Waals surface area (Å²) in [6.07, 6.45) is 2.04. The minimum atomic E-state index is -0.480. The number of urea groups is 1. The van der Waals surface area contributed by atoms with Gasteiger partial charge in [-0.15, -0.1) is 0 Å². The van der Waals surface area contributed by atoms with Gasteiger partial charge in [0.1, 0.15) is 17.5 Å². The number of halogens is 2. The molecule has 1 unspecified atom stereocenters. The van der Waals surface area contributed by atoms with Crippen LogP contribution in [-0.4, -0.2) is 32.7 Å². The number of likely N-dealkylation sites (tertiary alicyclic amines) is 1. The number of nitrogens with one attached hydrogen (secondary N) is 2. The van der Waals surface area contributed by atoms with Crippen LogP contribution in [-0.2, 0) is 6.42 Å². The predicted octanol–water partition coefficient (Wildman–Crippen LogP) is 4.04. The second kappa shape index (κ2) is 7.75. The third-order valence-corrected chi connectivity index (χ3v) is 4.76. The van der Waals surface area contributed by atoms with Gasteiger partial charge in [-0.05, 0) is 42.7 Å². The molecular weight excluding hydrogens is 364 g/mol. The van der Waals surface area contributed by atoms with Crippen LogP contribution in [0.25, 0.3) is 0 Å². The maximum Gasteiger partial charge on any atom is 0.322 e. The van der Waals surface area contributed by atoms with Crippen LogP contribution in [0, 0.1) is 11.6 Å². The van der Waals surface area contributed by atoms with Gasteiger partial charge in [-0.2, -0.15) is 5.10 Å².